The van der Waals surface area contributed by atoms with Gasteiger partial charge in [0.25, 0.3) is 0 Å². The second-order valence-electron chi connectivity index (χ2n) is 16.5. The molecule has 0 bridgehead atoms. The molecular weight excluding hydrogens is 771 g/mol. The minimum Gasteiger partial charge on any atom is -0.311 e. The summed E-state index contributed by atoms with van der Waals surface area (Å²) >= 11 is 0. The molecule has 9 aromatic carbocycles. The fraction of sp³-hybridized carbons (Fsp3) is 0.0476. The molecule has 9 aromatic rings. The Bertz CT molecular complexity index is 2910. The lowest BCUT2D eigenvalue weighted by atomic mass is 9.91. The van der Waals surface area contributed by atoms with Gasteiger partial charge in [0.15, 0.2) is 0 Å². The average molecular weight is 820 g/mol. The summed E-state index contributed by atoms with van der Waals surface area (Å²) in [5, 5.41) is 0. The van der Waals surface area contributed by atoms with Gasteiger partial charge in [0.1, 0.15) is 0 Å². The van der Waals surface area contributed by atoms with E-state index in [1.54, 1.807) is 0 Å². The molecule has 0 aliphatic heterocycles. The van der Waals surface area contributed by atoms with Crippen LogP contribution in [-0.2, 0) is 6.42 Å². The van der Waals surface area contributed by atoms with Gasteiger partial charge in [0.05, 0.1) is 0 Å². The molecule has 0 spiro atoms. The van der Waals surface area contributed by atoms with Gasteiger partial charge in [-0.25, -0.2) is 0 Å². The molecule has 1 atom stereocenters. The largest absolute Gasteiger partial charge is 0.311 e. The van der Waals surface area contributed by atoms with Crippen molar-refractivity contribution in [3.05, 3.63) is 283 Å². The molecule has 1 heteroatoms. The predicted molar refractivity (Wildman–Crippen MR) is 273 cm³/mol. The average Bonchev–Trinajstić information content (AvgIpc) is 3.38. The van der Waals surface area contributed by atoms with Crippen LogP contribution in [0.15, 0.2) is 261 Å². The molecule has 64 heavy (non-hydrogen) atoms. The summed E-state index contributed by atoms with van der Waals surface area (Å²) in [5.41, 5.74) is 19.4. The normalized spacial score (nSPS) is 13.4. The summed E-state index contributed by atoms with van der Waals surface area (Å²) in [6.45, 7) is 0. The Hall–Kier alpha value is -8.00. The van der Waals surface area contributed by atoms with Crippen molar-refractivity contribution in [3.63, 3.8) is 0 Å². The van der Waals surface area contributed by atoms with E-state index in [0.29, 0.717) is 5.92 Å². The Morgan fingerprint density at radius 2 is 0.781 bits per heavy atom. The fourth-order valence-corrected chi connectivity index (χ4v) is 8.76. The zero-order chi connectivity index (χ0) is 42.9. The number of nitrogens with zero attached hydrogens (tertiary/aromatic N) is 1. The van der Waals surface area contributed by atoms with E-state index in [1.165, 1.54) is 72.3 Å². The van der Waals surface area contributed by atoms with Crippen LogP contribution >= 0.6 is 0 Å². The smallest absolute Gasteiger partial charge is 0.0462 e. The van der Waals surface area contributed by atoms with E-state index < -0.39 is 0 Å². The maximum absolute atomic E-state index is 2.36. The van der Waals surface area contributed by atoms with Crippen LogP contribution in [0.3, 0.4) is 0 Å². The maximum Gasteiger partial charge on any atom is 0.0462 e. The third kappa shape index (κ3) is 9.26. The molecule has 0 saturated heterocycles. The summed E-state index contributed by atoms with van der Waals surface area (Å²) in [4.78, 5) is 2.34. The van der Waals surface area contributed by atoms with Crippen molar-refractivity contribution in [3.8, 4) is 44.5 Å². The van der Waals surface area contributed by atoms with Gasteiger partial charge in [-0.3, -0.25) is 0 Å². The van der Waals surface area contributed by atoms with Crippen LogP contribution in [0.2, 0.25) is 0 Å². The molecule has 1 unspecified atom stereocenters. The molecule has 0 fully saturated rings. The Balaban J connectivity index is 0.915. The maximum atomic E-state index is 2.36. The van der Waals surface area contributed by atoms with E-state index >= 15 is 0 Å². The number of hydrogen-bond donors (Lipinski definition) is 0. The Morgan fingerprint density at radius 1 is 0.391 bits per heavy atom. The van der Waals surface area contributed by atoms with Crippen LogP contribution < -0.4 is 4.90 Å². The van der Waals surface area contributed by atoms with Crippen molar-refractivity contribution < 1.29 is 0 Å². The highest BCUT2D eigenvalue weighted by Crippen LogP contribution is 2.38. The molecule has 1 aliphatic rings. The lowest BCUT2D eigenvalue weighted by Crippen LogP contribution is -2.09. The minimum atomic E-state index is 0.441. The first-order chi connectivity index (χ1) is 31.7. The third-order valence-corrected chi connectivity index (χ3v) is 12.3. The van der Waals surface area contributed by atoms with Crippen molar-refractivity contribution in [1.29, 1.82) is 0 Å². The molecular formula is C63H49N. The van der Waals surface area contributed by atoms with Crippen LogP contribution in [0.5, 0.6) is 0 Å². The highest BCUT2D eigenvalue weighted by atomic mass is 15.1. The van der Waals surface area contributed by atoms with Crippen molar-refractivity contribution in [1.82, 2.24) is 0 Å². The first-order valence-corrected chi connectivity index (χ1v) is 22.3. The molecule has 306 valence electrons. The van der Waals surface area contributed by atoms with Crippen molar-refractivity contribution in [2.24, 2.45) is 0 Å². The van der Waals surface area contributed by atoms with Crippen LogP contribution in [0.4, 0.5) is 17.1 Å². The lowest BCUT2D eigenvalue weighted by Gasteiger charge is -2.26. The molecule has 1 nitrogen and oxygen atoms in total. The monoisotopic (exact) mass is 819 g/mol. The molecule has 0 saturated carbocycles. The first kappa shape index (κ1) is 40.1. The zero-order valence-corrected chi connectivity index (χ0v) is 35.8. The molecule has 0 radical (unpaired) electrons. The van der Waals surface area contributed by atoms with Crippen LogP contribution in [-0.4, -0.2) is 0 Å². The number of benzene rings is 9. The predicted octanol–water partition coefficient (Wildman–Crippen LogP) is 17.2. The molecule has 0 amide bonds. The highest BCUT2D eigenvalue weighted by molar-refractivity contribution is 5.85. The Labute approximate surface area is 378 Å². The molecule has 0 aromatic heterocycles. The van der Waals surface area contributed by atoms with E-state index in [0.717, 1.165) is 29.9 Å². The zero-order valence-electron chi connectivity index (χ0n) is 35.8. The van der Waals surface area contributed by atoms with Gasteiger partial charge in [0, 0.05) is 23.0 Å². The van der Waals surface area contributed by atoms with Crippen molar-refractivity contribution in [2.45, 2.75) is 18.8 Å². The van der Waals surface area contributed by atoms with Crippen LogP contribution in [0, 0.1) is 0 Å². The topological polar surface area (TPSA) is 3.24 Å². The standard InChI is InChI=1S/C63H49N/c1-5-13-49(14-6-1)53-25-21-47(22-26-53)45-60(59-31-29-55(30-32-59)50-15-7-2-8-16-50)46-48-23-27-54(28-24-48)58-37-43-63(44-38-58)64(61-39-33-56(34-40-61)51-17-9-3-10-18-51)62-41-35-57(36-42-62)52-19-11-4-12-20-52/h1-13,15-45,49H,14,46H2. The second kappa shape index (κ2) is 18.9. The number of allylic oxidation sites excluding steroid dienone is 5. The van der Waals surface area contributed by atoms with Gasteiger partial charge in [0.2, 0.25) is 0 Å². The lowest BCUT2D eigenvalue weighted by molar-refractivity contribution is 0.854. The molecule has 0 heterocycles. The van der Waals surface area contributed by atoms with Crippen LogP contribution in [0.25, 0.3) is 56.2 Å². The van der Waals surface area contributed by atoms with Crippen LogP contribution in [0.1, 0.15) is 34.6 Å². The van der Waals surface area contributed by atoms with Gasteiger partial charge in [-0.05, 0) is 122 Å². The highest BCUT2D eigenvalue weighted by Gasteiger charge is 2.15. The van der Waals surface area contributed by atoms with E-state index in [-0.39, 0.29) is 0 Å². The fourth-order valence-electron chi connectivity index (χ4n) is 8.76. The van der Waals surface area contributed by atoms with Crippen molar-refractivity contribution >= 4 is 28.7 Å². The van der Waals surface area contributed by atoms with E-state index in [1.807, 2.05) is 0 Å². The Morgan fingerprint density at radius 3 is 1.19 bits per heavy atom. The molecule has 1 aliphatic carbocycles. The summed E-state index contributed by atoms with van der Waals surface area (Å²) in [6, 6.07) is 85.8. The third-order valence-electron chi connectivity index (χ3n) is 12.3. The number of hydrogen-bond acceptors (Lipinski definition) is 1. The first-order valence-electron chi connectivity index (χ1n) is 22.3. The van der Waals surface area contributed by atoms with Crippen molar-refractivity contribution in [2.75, 3.05) is 4.90 Å². The van der Waals surface area contributed by atoms with Gasteiger partial charge >= 0.3 is 0 Å². The molecule has 0 N–H and O–H groups in total. The molecule has 10 rings (SSSR count). The van der Waals surface area contributed by atoms with Gasteiger partial charge < -0.3 is 4.90 Å². The summed E-state index contributed by atoms with van der Waals surface area (Å²) < 4.78 is 0. The summed E-state index contributed by atoms with van der Waals surface area (Å²) in [6.07, 6.45) is 13.1. The quantitative estimate of drug-likeness (QED) is 0.111. The number of anilines is 3. The van der Waals surface area contributed by atoms with E-state index in [2.05, 4.69) is 272 Å². The Kier molecular flexibility index (Phi) is 11.9. The van der Waals surface area contributed by atoms with Gasteiger partial charge in [-0.2, -0.15) is 0 Å². The minimum absolute atomic E-state index is 0.441. The van der Waals surface area contributed by atoms with Gasteiger partial charge in [-0.15, -0.1) is 0 Å². The summed E-state index contributed by atoms with van der Waals surface area (Å²) in [5.74, 6) is 0.441. The SMILES string of the molecule is C1=CCC(c2ccc(C=C(Cc3ccc(-c4ccc(N(c5ccc(-c6ccccc6)cc5)c5ccc(-c6ccccc6)cc5)cc4)cc3)c3ccc(-c4ccccc4)cc3)cc2)C=C1. The van der Waals surface area contributed by atoms with E-state index in [4.69, 9.17) is 0 Å². The van der Waals surface area contributed by atoms with E-state index in [9.17, 15) is 0 Å². The van der Waals surface area contributed by atoms with Gasteiger partial charge in [-0.1, -0.05) is 231 Å². The number of rotatable bonds is 12. The second-order valence-corrected chi connectivity index (χ2v) is 16.5. The summed E-state index contributed by atoms with van der Waals surface area (Å²) in [7, 11) is 0.